The number of benzene rings is 1. The maximum Gasteiger partial charge on any atom is 0.123 e. The number of halogens is 1. The van der Waals surface area contributed by atoms with Gasteiger partial charge in [0, 0.05) is 30.2 Å². The number of epoxide rings is 1. The van der Waals surface area contributed by atoms with Crippen LogP contribution in [0.25, 0.3) is 17.2 Å². The summed E-state index contributed by atoms with van der Waals surface area (Å²) in [5, 5.41) is 10.4. The first-order chi connectivity index (χ1) is 15.8. The van der Waals surface area contributed by atoms with Crippen molar-refractivity contribution in [2.24, 2.45) is 22.7 Å². The second-order valence-electron chi connectivity index (χ2n) is 10.7. The molecule has 1 aliphatic heterocycles. The van der Waals surface area contributed by atoms with Gasteiger partial charge in [0.1, 0.15) is 5.82 Å². The number of aromatic nitrogens is 1. The lowest BCUT2D eigenvalue weighted by Crippen LogP contribution is -2.60. The molecule has 1 saturated heterocycles. The number of nitrogens with zero attached hydrogens (tertiary/aromatic N) is 1. The largest absolute Gasteiger partial charge is 0.396 e. The average molecular weight is 452 g/mol. The number of rotatable bonds is 5. The van der Waals surface area contributed by atoms with E-state index >= 15 is 0 Å². The second kappa shape index (κ2) is 8.30. The molecule has 3 aliphatic rings. The minimum Gasteiger partial charge on any atom is -0.396 e. The number of methoxy groups -OCH3 is 1. The molecule has 0 unspecified atom stereocenters. The zero-order chi connectivity index (χ0) is 23.3. The molecular weight excluding hydrogens is 417 g/mol. The molecule has 0 amide bonds. The summed E-state index contributed by atoms with van der Waals surface area (Å²) < 4.78 is 25.5. The van der Waals surface area contributed by atoms with Crippen LogP contribution in [0, 0.1) is 28.5 Å². The van der Waals surface area contributed by atoms with Crippen LogP contribution >= 0.6 is 0 Å². The summed E-state index contributed by atoms with van der Waals surface area (Å²) in [5.74, 6) is 0.378. The van der Waals surface area contributed by atoms with Crippen LogP contribution in [0.3, 0.4) is 0 Å². The van der Waals surface area contributed by atoms with Crippen LogP contribution in [0.15, 0.2) is 48.7 Å². The monoisotopic (exact) mass is 451 g/mol. The highest BCUT2D eigenvalue weighted by molar-refractivity contribution is 5.63. The van der Waals surface area contributed by atoms with Crippen molar-refractivity contribution in [2.45, 2.75) is 51.2 Å². The zero-order valence-corrected chi connectivity index (χ0v) is 19.8. The van der Waals surface area contributed by atoms with Crippen molar-refractivity contribution in [3.8, 4) is 11.1 Å². The first-order valence-electron chi connectivity index (χ1n) is 12.0. The minimum absolute atomic E-state index is 0.0270. The van der Waals surface area contributed by atoms with Gasteiger partial charge in [0.25, 0.3) is 0 Å². The van der Waals surface area contributed by atoms with Crippen molar-refractivity contribution in [3.05, 3.63) is 60.2 Å². The van der Waals surface area contributed by atoms with E-state index in [-0.39, 0.29) is 40.9 Å². The molecule has 3 fully saturated rings. The molecule has 0 bridgehead atoms. The van der Waals surface area contributed by atoms with E-state index in [1.807, 2.05) is 18.2 Å². The van der Waals surface area contributed by atoms with Crippen LogP contribution in [0.5, 0.6) is 0 Å². The van der Waals surface area contributed by atoms with Crippen LogP contribution < -0.4 is 0 Å². The molecule has 176 valence electrons. The van der Waals surface area contributed by atoms with Gasteiger partial charge in [0.2, 0.25) is 0 Å². The van der Waals surface area contributed by atoms with E-state index in [2.05, 4.69) is 31.0 Å². The molecule has 0 radical (unpaired) electrons. The summed E-state index contributed by atoms with van der Waals surface area (Å²) in [6.07, 6.45) is 10.4. The number of hydrogen-bond donors (Lipinski definition) is 1. The highest BCUT2D eigenvalue weighted by Gasteiger charge is 2.66. The predicted octanol–water partition coefficient (Wildman–Crippen LogP) is 5.51. The summed E-state index contributed by atoms with van der Waals surface area (Å²) in [5.41, 5.74) is 2.29. The summed E-state index contributed by atoms with van der Waals surface area (Å²) in [6.45, 7) is 5.52. The highest BCUT2D eigenvalue weighted by Crippen LogP contribution is 2.66. The normalized spacial score (nSPS) is 37.9. The molecule has 2 aliphatic carbocycles. The summed E-state index contributed by atoms with van der Waals surface area (Å²) in [4.78, 5) is 4.62. The number of ether oxygens (including phenoxy) is 2. The van der Waals surface area contributed by atoms with Crippen molar-refractivity contribution in [3.63, 3.8) is 0 Å². The van der Waals surface area contributed by atoms with Crippen LogP contribution in [0.1, 0.15) is 45.2 Å². The van der Waals surface area contributed by atoms with E-state index < -0.39 is 0 Å². The van der Waals surface area contributed by atoms with Gasteiger partial charge in [-0.2, -0.15) is 0 Å². The van der Waals surface area contributed by atoms with E-state index in [0.29, 0.717) is 5.92 Å². The summed E-state index contributed by atoms with van der Waals surface area (Å²) >= 11 is 0. The van der Waals surface area contributed by atoms with Crippen LogP contribution in [-0.2, 0) is 9.47 Å². The van der Waals surface area contributed by atoms with Gasteiger partial charge in [-0.1, -0.05) is 38.1 Å². The molecule has 1 aromatic heterocycles. The molecule has 5 rings (SSSR count). The number of hydrogen-bond acceptors (Lipinski definition) is 4. The van der Waals surface area contributed by atoms with Crippen molar-refractivity contribution in [1.29, 1.82) is 0 Å². The minimum atomic E-state index is -0.255. The molecule has 2 aromatic rings. The van der Waals surface area contributed by atoms with E-state index in [0.717, 1.165) is 49.1 Å². The summed E-state index contributed by atoms with van der Waals surface area (Å²) in [7, 11) is 1.77. The van der Waals surface area contributed by atoms with E-state index in [4.69, 9.17) is 9.47 Å². The van der Waals surface area contributed by atoms with Gasteiger partial charge in [-0.25, -0.2) is 4.39 Å². The van der Waals surface area contributed by atoms with E-state index in [1.165, 1.54) is 12.1 Å². The lowest BCUT2D eigenvalue weighted by molar-refractivity contribution is -0.176. The quantitative estimate of drug-likeness (QED) is 0.609. The fourth-order valence-corrected chi connectivity index (χ4v) is 7.05. The van der Waals surface area contributed by atoms with Crippen LogP contribution in [0.4, 0.5) is 4.39 Å². The molecular formula is C28H34FNO3. The Labute approximate surface area is 195 Å². The Morgan fingerprint density at radius 3 is 2.64 bits per heavy atom. The van der Waals surface area contributed by atoms with Gasteiger partial charge in [-0.05, 0) is 66.9 Å². The highest BCUT2D eigenvalue weighted by atomic mass is 19.1. The number of aliphatic hydroxyl groups is 1. The lowest BCUT2D eigenvalue weighted by Gasteiger charge is -2.60. The van der Waals surface area contributed by atoms with Gasteiger partial charge in [0.15, 0.2) is 0 Å². The molecule has 4 nitrogen and oxygen atoms in total. The van der Waals surface area contributed by atoms with Crippen molar-refractivity contribution in [2.75, 3.05) is 20.3 Å². The molecule has 5 heteroatoms. The van der Waals surface area contributed by atoms with Gasteiger partial charge in [0.05, 0.1) is 30.6 Å². The summed E-state index contributed by atoms with van der Waals surface area (Å²) in [6, 6.07) is 10.6. The molecule has 1 spiro atoms. The second-order valence-corrected chi connectivity index (χ2v) is 10.7. The Morgan fingerprint density at radius 1 is 1.18 bits per heavy atom. The molecule has 1 N–H and O–H groups in total. The Balaban J connectivity index is 1.42. The first kappa shape index (κ1) is 22.7. The number of fused-ring (bicyclic) bond motifs is 1. The molecule has 33 heavy (non-hydrogen) atoms. The third kappa shape index (κ3) is 3.74. The Bertz CT molecular complexity index is 1030. The predicted molar refractivity (Wildman–Crippen MR) is 127 cm³/mol. The Kier molecular flexibility index (Phi) is 5.71. The third-order valence-electron chi connectivity index (χ3n) is 8.95. The standard InChI is InChI=1S/C28H34FNO3/c1-26-13-12-25(32-3)27(2,17-31)23(26)11-14-28(18-33-28)24(26)10-9-22-8-7-20(16-30-22)19-5-4-6-21(29)15-19/h4-10,15-16,23-25,31H,11-14,17-18H2,1-3H3/b10-9+/t23-,24-,25+,26+,27-,28+/m0/s1. The zero-order valence-electron chi connectivity index (χ0n) is 19.8. The molecule has 6 atom stereocenters. The smallest absolute Gasteiger partial charge is 0.123 e. The van der Waals surface area contributed by atoms with Crippen LogP contribution in [-0.4, -0.2) is 42.1 Å². The van der Waals surface area contributed by atoms with Crippen LogP contribution in [0.2, 0.25) is 0 Å². The van der Waals surface area contributed by atoms with Gasteiger partial charge in [-0.15, -0.1) is 0 Å². The molecule has 1 aromatic carbocycles. The topological polar surface area (TPSA) is 54.9 Å². The number of pyridine rings is 1. The van der Waals surface area contributed by atoms with Crippen molar-refractivity contribution < 1.29 is 19.0 Å². The van der Waals surface area contributed by atoms with Crippen molar-refractivity contribution in [1.82, 2.24) is 4.98 Å². The van der Waals surface area contributed by atoms with Crippen molar-refractivity contribution >= 4 is 6.08 Å². The fraction of sp³-hybridized carbons (Fsp3) is 0.536. The van der Waals surface area contributed by atoms with Gasteiger partial charge in [-0.3, -0.25) is 4.98 Å². The Morgan fingerprint density at radius 2 is 2.00 bits per heavy atom. The van der Waals surface area contributed by atoms with Gasteiger partial charge < -0.3 is 14.6 Å². The molecule has 2 saturated carbocycles. The first-order valence-corrected chi connectivity index (χ1v) is 12.0. The fourth-order valence-electron chi connectivity index (χ4n) is 7.05. The number of aliphatic hydroxyl groups excluding tert-OH is 1. The third-order valence-corrected chi connectivity index (χ3v) is 8.95. The lowest BCUT2D eigenvalue weighted by atomic mass is 9.45. The Hall–Kier alpha value is -2.08. The SMILES string of the molecule is CO[C@@H]1CC[C@]2(C)[C@H](CC[C@@]3(CO3)[C@H]2/C=C/c2ccc(-c3cccc(F)c3)cn2)[C@]1(C)CO. The maximum atomic E-state index is 13.6. The average Bonchev–Trinajstić information content (AvgIpc) is 3.59. The maximum absolute atomic E-state index is 13.6. The molecule has 2 heterocycles. The van der Waals surface area contributed by atoms with E-state index in [9.17, 15) is 9.50 Å². The van der Waals surface area contributed by atoms with Gasteiger partial charge >= 0.3 is 0 Å². The van der Waals surface area contributed by atoms with E-state index in [1.54, 1.807) is 19.4 Å².